The summed E-state index contributed by atoms with van der Waals surface area (Å²) in [6.45, 7) is 1.66. The molecule has 0 aliphatic heterocycles. The molecule has 1 aromatic rings. The average Bonchev–Trinajstić information content (AvgIpc) is 2.70. The van der Waals surface area contributed by atoms with Gasteiger partial charge in [-0.2, -0.15) is 0 Å². The quantitative estimate of drug-likeness (QED) is 0.700. The largest absolute Gasteiger partial charge is 0.467 e. The number of nitrogens with one attached hydrogen (secondary N) is 1. The molecule has 0 heterocycles. The zero-order chi connectivity index (χ0) is 19.8. The fourth-order valence-corrected chi connectivity index (χ4v) is 3.21. The van der Waals surface area contributed by atoms with Crippen LogP contribution in [0.2, 0.25) is 0 Å². The summed E-state index contributed by atoms with van der Waals surface area (Å²) in [5, 5.41) is 12.2. The van der Waals surface area contributed by atoms with Crippen LogP contribution in [0.1, 0.15) is 38.2 Å². The van der Waals surface area contributed by atoms with Crippen molar-refractivity contribution in [3.05, 3.63) is 35.9 Å². The van der Waals surface area contributed by atoms with Gasteiger partial charge in [-0.15, -0.1) is 0 Å². The Balaban J connectivity index is 1.79. The second-order valence-electron chi connectivity index (χ2n) is 6.89. The predicted molar refractivity (Wildman–Crippen MR) is 97.3 cm³/mol. The molecule has 0 spiro atoms. The lowest BCUT2D eigenvalue weighted by Crippen LogP contribution is -2.50. The van der Waals surface area contributed by atoms with Crippen molar-refractivity contribution < 1.29 is 29.0 Å². The Kier molecular flexibility index (Phi) is 7.79. The van der Waals surface area contributed by atoms with E-state index in [1.54, 1.807) is 0 Å². The number of amides is 1. The lowest BCUT2D eigenvalue weighted by Gasteiger charge is -2.28. The number of carbonyl (C=O) groups excluding carboxylic acids is 3. The van der Waals surface area contributed by atoms with Crippen LogP contribution in [0.25, 0.3) is 0 Å². The first-order valence-corrected chi connectivity index (χ1v) is 9.19. The summed E-state index contributed by atoms with van der Waals surface area (Å²) in [6, 6.07) is 8.39. The van der Waals surface area contributed by atoms with Crippen LogP contribution >= 0.6 is 0 Å². The molecular weight excluding hydrogens is 350 g/mol. The van der Waals surface area contributed by atoms with Crippen LogP contribution in [0.5, 0.6) is 0 Å². The number of aliphatic hydroxyl groups is 1. The van der Waals surface area contributed by atoms with Crippen LogP contribution in [0, 0.1) is 11.8 Å². The Morgan fingerprint density at radius 1 is 1.11 bits per heavy atom. The van der Waals surface area contributed by atoms with Gasteiger partial charge in [-0.1, -0.05) is 30.3 Å². The van der Waals surface area contributed by atoms with Gasteiger partial charge in [-0.25, -0.2) is 4.79 Å². The third-order valence-corrected chi connectivity index (χ3v) is 4.89. The Labute approximate surface area is 159 Å². The second kappa shape index (κ2) is 10.1. The smallest absolute Gasteiger partial charge is 0.331 e. The van der Waals surface area contributed by atoms with Crippen molar-refractivity contribution in [3.8, 4) is 0 Å². The standard InChI is InChI=1S/C20H27NO6/c1-13(22)17(20(25)26-2)21-18(23)15-8-10-16(11-9-15)19(24)27-12-14-6-4-3-5-7-14/h3-7,13,15-17,22H,8-12H2,1-2H3,(H,21,23)/t13-,15?,16?,17-/m1/s1. The molecule has 7 nitrogen and oxygen atoms in total. The molecule has 2 rings (SSSR count). The van der Waals surface area contributed by atoms with Gasteiger partial charge in [0.05, 0.1) is 19.1 Å². The highest BCUT2D eigenvalue weighted by atomic mass is 16.5. The molecular formula is C20H27NO6. The van der Waals surface area contributed by atoms with Crippen molar-refractivity contribution in [2.75, 3.05) is 7.11 Å². The molecule has 148 valence electrons. The number of hydrogen-bond donors (Lipinski definition) is 2. The Bertz CT molecular complexity index is 637. The maximum atomic E-state index is 12.4. The summed E-state index contributed by atoms with van der Waals surface area (Å²) in [7, 11) is 1.20. The number of hydrogen-bond acceptors (Lipinski definition) is 6. The van der Waals surface area contributed by atoms with Crippen LogP contribution < -0.4 is 5.32 Å². The number of methoxy groups -OCH3 is 1. The van der Waals surface area contributed by atoms with Crippen LogP contribution in [-0.4, -0.2) is 42.2 Å². The van der Waals surface area contributed by atoms with E-state index < -0.39 is 18.1 Å². The van der Waals surface area contributed by atoms with Gasteiger partial charge in [-0.3, -0.25) is 9.59 Å². The minimum absolute atomic E-state index is 0.217. The zero-order valence-corrected chi connectivity index (χ0v) is 15.7. The highest BCUT2D eigenvalue weighted by molar-refractivity contribution is 5.86. The molecule has 1 aromatic carbocycles. The zero-order valence-electron chi connectivity index (χ0n) is 15.7. The first kappa shape index (κ1) is 20.9. The highest BCUT2D eigenvalue weighted by Crippen LogP contribution is 2.30. The van der Waals surface area contributed by atoms with E-state index in [1.807, 2.05) is 30.3 Å². The van der Waals surface area contributed by atoms with Gasteiger partial charge in [0.25, 0.3) is 0 Å². The van der Waals surface area contributed by atoms with Gasteiger partial charge in [0.1, 0.15) is 6.61 Å². The molecule has 0 aromatic heterocycles. The van der Waals surface area contributed by atoms with Gasteiger partial charge in [0, 0.05) is 5.92 Å². The van der Waals surface area contributed by atoms with Gasteiger partial charge in [0.15, 0.2) is 6.04 Å². The molecule has 1 fully saturated rings. The third-order valence-electron chi connectivity index (χ3n) is 4.89. The summed E-state index contributed by atoms with van der Waals surface area (Å²) in [6.07, 6.45) is 1.13. The van der Waals surface area contributed by atoms with E-state index in [9.17, 15) is 19.5 Å². The van der Waals surface area contributed by atoms with E-state index in [1.165, 1.54) is 14.0 Å². The van der Waals surface area contributed by atoms with Crippen molar-refractivity contribution in [1.82, 2.24) is 5.32 Å². The van der Waals surface area contributed by atoms with E-state index >= 15 is 0 Å². The van der Waals surface area contributed by atoms with E-state index in [4.69, 9.17) is 4.74 Å². The predicted octanol–water partition coefficient (Wildman–Crippen LogP) is 1.57. The lowest BCUT2D eigenvalue weighted by molar-refractivity contribution is -0.152. The minimum atomic E-state index is -1.09. The molecule has 2 atom stereocenters. The average molecular weight is 377 g/mol. The van der Waals surface area contributed by atoms with Gasteiger partial charge >= 0.3 is 11.9 Å². The maximum Gasteiger partial charge on any atom is 0.331 e. The first-order valence-electron chi connectivity index (χ1n) is 9.19. The van der Waals surface area contributed by atoms with E-state index in [2.05, 4.69) is 10.1 Å². The Morgan fingerprint density at radius 3 is 2.26 bits per heavy atom. The third kappa shape index (κ3) is 6.06. The number of rotatable bonds is 7. The van der Waals surface area contributed by atoms with Crippen LogP contribution in [0.15, 0.2) is 30.3 Å². The van der Waals surface area contributed by atoms with Crippen LogP contribution in [-0.2, 0) is 30.5 Å². The number of carbonyl (C=O) groups is 3. The van der Waals surface area contributed by atoms with Gasteiger partial charge in [0.2, 0.25) is 5.91 Å². The fourth-order valence-electron chi connectivity index (χ4n) is 3.21. The molecule has 1 aliphatic carbocycles. The highest BCUT2D eigenvalue weighted by Gasteiger charge is 2.34. The molecule has 7 heteroatoms. The SMILES string of the molecule is COC(=O)[C@H](NC(=O)C1CCC(C(=O)OCc2ccccc2)CC1)[C@@H](C)O. The van der Waals surface area contributed by atoms with Crippen molar-refractivity contribution >= 4 is 17.8 Å². The molecule has 1 aliphatic rings. The van der Waals surface area contributed by atoms with Gasteiger partial charge < -0.3 is 19.9 Å². The molecule has 27 heavy (non-hydrogen) atoms. The first-order chi connectivity index (χ1) is 12.9. The maximum absolute atomic E-state index is 12.4. The molecule has 2 N–H and O–H groups in total. The molecule has 0 saturated heterocycles. The van der Waals surface area contributed by atoms with Gasteiger partial charge in [-0.05, 0) is 38.2 Å². The molecule has 0 radical (unpaired) electrons. The summed E-state index contributed by atoms with van der Waals surface area (Å²) in [4.78, 5) is 36.2. The van der Waals surface area contributed by atoms with Crippen molar-refractivity contribution in [2.24, 2.45) is 11.8 Å². The summed E-state index contributed by atoms with van der Waals surface area (Å²) >= 11 is 0. The number of aliphatic hydroxyl groups excluding tert-OH is 1. The topological polar surface area (TPSA) is 102 Å². The molecule has 0 unspecified atom stereocenters. The monoisotopic (exact) mass is 377 g/mol. The van der Waals surface area contributed by atoms with Crippen molar-refractivity contribution in [2.45, 2.75) is 51.4 Å². The Morgan fingerprint density at radius 2 is 1.70 bits per heavy atom. The fraction of sp³-hybridized carbons (Fsp3) is 0.550. The summed E-state index contributed by atoms with van der Waals surface area (Å²) in [5.74, 6) is -1.74. The van der Waals surface area contributed by atoms with E-state index in [0.29, 0.717) is 25.7 Å². The summed E-state index contributed by atoms with van der Waals surface area (Å²) in [5.41, 5.74) is 0.936. The summed E-state index contributed by atoms with van der Waals surface area (Å²) < 4.78 is 9.97. The van der Waals surface area contributed by atoms with Crippen LogP contribution in [0.4, 0.5) is 0 Å². The van der Waals surface area contributed by atoms with E-state index in [-0.39, 0.29) is 30.3 Å². The van der Waals surface area contributed by atoms with E-state index in [0.717, 1.165) is 5.56 Å². The molecule has 1 amide bonds. The van der Waals surface area contributed by atoms with Crippen molar-refractivity contribution in [1.29, 1.82) is 0 Å². The lowest BCUT2D eigenvalue weighted by atomic mass is 9.81. The Hall–Kier alpha value is -2.41. The number of ether oxygens (including phenoxy) is 2. The molecule has 0 bridgehead atoms. The number of esters is 2. The van der Waals surface area contributed by atoms with Crippen molar-refractivity contribution in [3.63, 3.8) is 0 Å². The normalized spacial score (nSPS) is 21.6. The second-order valence-corrected chi connectivity index (χ2v) is 6.89. The minimum Gasteiger partial charge on any atom is -0.467 e. The number of benzene rings is 1. The van der Waals surface area contributed by atoms with Crippen LogP contribution in [0.3, 0.4) is 0 Å². The molecule has 1 saturated carbocycles.